The Balaban J connectivity index is 1.23. The predicted octanol–water partition coefficient (Wildman–Crippen LogP) is 4.52. The molecule has 1 aliphatic carbocycles. The summed E-state index contributed by atoms with van der Waals surface area (Å²) in [6.45, 7) is 0.793. The zero-order valence-corrected chi connectivity index (χ0v) is 26.3. The summed E-state index contributed by atoms with van der Waals surface area (Å²) in [5.41, 5.74) is -1.21. The number of amides is 1. The number of methoxy groups -OCH3 is 1. The van der Waals surface area contributed by atoms with Crippen molar-refractivity contribution in [1.82, 2.24) is 9.80 Å². The van der Waals surface area contributed by atoms with Gasteiger partial charge in [0, 0.05) is 26.2 Å². The van der Waals surface area contributed by atoms with Gasteiger partial charge in [0.25, 0.3) is 5.91 Å². The molecule has 0 bridgehead atoms. The Morgan fingerprint density at radius 3 is 2.24 bits per heavy atom. The molecule has 1 saturated carbocycles. The molecule has 0 atom stereocenters. The second-order valence-electron chi connectivity index (χ2n) is 10.4. The van der Waals surface area contributed by atoms with Crippen LogP contribution < -0.4 is 9.47 Å². The number of carbonyl (C=O) groups is 2. The number of aliphatic hydroxyl groups excluding tert-OH is 1. The highest BCUT2D eigenvalue weighted by atomic mass is 35.5. The molecule has 2 aromatic heterocycles. The van der Waals surface area contributed by atoms with E-state index in [-0.39, 0.29) is 36.0 Å². The summed E-state index contributed by atoms with van der Waals surface area (Å²) in [5.74, 6) is -0.218. The van der Waals surface area contributed by atoms with Gasteiger partial charge in [-0.1, -0.05) is 23.7 Å². The van der Waals surface area contributed by atoms with Crippen molar-refractivity contribution < 1.29 is 34.0 Å². The third-order valence-electron chi connectivity index (χ3n) is 7.62. The number of aliphatic hydroxyl groups is 2. The van der Waals surface area contributed by atoms with Crippen LogP contribution >= 0.6 is 34.3 Å². The van der Waals surface area contributed by atoms with E-state index in [2.05, 4.69) is 4.90 Å². The topological polar surface area (TPSA) is 109 Å². The van der Waals surface area contributed by atoms with Gasteiger partial charge < -0.3 is 34.2 Å². The Morgan fingerprint density at radius 1 is 1.05 bits per heavy atom. The number of hydrogen-bond acceptors (Lipinski definition) is 10. The Hall–Kier alpha value is -2.67. The molecule has 42 heavy (non-hydrogen) atoms. The normalized spacial score (nSPS) is 17.2. The molecular weight excluding hydrogens is 600 g/mol. The van der Waals surface area contributed by atoms with E-state index in [1.165, 1.54) is 29.8 Å². The van der Waals surface area contributed by atoms with Crippen molar-refractivity contribution in [2.75, 3.05) is 40.9 Å². The molecule has 0 aliphatic heterocycles. The van der Waals surface area contributed by atoms with E-state index >= 15 is 0 Å². The molecule has 2 heterocycles. The summed E-state index contributed by atoms with van der Waals surface area (Å²) < 4.78 is 16.8. The molecule has 1 aromatic carbocycles. The van der Waals surface area contributed by atoms with Crippen LogP contribution in [0.1, 0.15) is 41.0 Å². The fourth-order valence-electron chi connectivity index (χ4n) is 5.00. The van der Waals surface area contributed by atoms with E-state index in [4.69, 9.17) is 25.8 Å². The maximum absolute atomic E-state index is 13.3. The smallest absolute Gasteiger partial charge is 0.349 e. The summed E-state index contributed by atoms with van der Waals surface area (Å²) in [6.07, 6.45) is 2.82. The van der Waals surface area contributed by atoms with Crippen molar-refractivity contribution in [3.05, 3.63) is 67.5 Å². The van der Waals surface area contributed by atoms with E-state index in [9.17, 15) is 19.8 Å². The predicted molar refractivity (Wildman–Crippen MR) is 163 cm³/mol. The molecule has 0 spiro atoms. The van der Waals surface area contributed by atoms with Crippen LogP contribution in [0.4, 0.5) is 0 Å². The van der Waals surface area contributed by atoms with E-state index in [1.54, 1.807) is 36.2 Å². The number of rotatable bonds is 13. The standard InChI is InChI=1S/C30H37ClN2O7S2/c1-32(12-13-33(2)27(35)19-39-28-23(31)16-20(18-34)17-24(28)38-3)21-8-10-22(11-9-21)40-29(36)30(37,25-6-4-14-41-25)26-7-5-15-42-26/h4-7,14-17,21-22,34,37H,8-13,18-19H2,1-3H3. The van der Waals surface area contributed by atoms with Gasteiger partial charge in [-0.25, -0.2) is 4.79 Å². The maximum Gasteiger partial charge on any atom is 0.349 e. The lowest BCUT2D eigenvalue weighted by molar-refractivity contribution is -0.169. The zero-order chi connectivity index (χ0) is 30.3. The van der Waals surface area contributed by atoms with E-state index in [0.717, 1.165) is 12.8 Å². The van der Waals surface area contributed by atoms with Crippen LogP contribution in [0.25, 0.3) is 0 Å². The number of hydrogen-bond donors (Lipinski definition) is 2. The Labute approximate surface area is 259 Å². The second kappa shape index (κ2) is 14.7. The highest BCUT2D eigenvalue weighted by molar-refractivity contribution is 7.12. The van der Waals surface area contributed by atoms with Crippen LogP contribution in [-0.4, -0.2) is 84.9 Å². The van der Waals surface area contributed by atoms with Crippen LogP contribution in [0, 0.1) is 0 Å². The quantitative estimate of drug-likeness (QED) is 0.264. The Kier molecular flexibility index (Phi) is 11.3. The summed E-state index contributed by atoms with van der Waals surface area (Å²) in [5, 5.41) is 24.8. The van der Waals surface area contributed by atoms with Crippen LogP contribution in [-0.2, 0) is 26.5 Å². The van der Waals surface area contributed by atoms with Crippen LogP contribution in [0.5, 0.6) is 11.5 Å². The van der Waals surface area contributed by atoms with E-state index in [1.807, 2.05) is 29.9 Å². The molecule has 1 amide bonds. The molecule has 1 aliphatic rings. The first-order valence-electron chi connectivity index (χ1n) is 13.7. The SMILES string of the molecule is COc1cc(CO)cc(Cl)c1OCC(=O)N(C)CCN(C)C1CCC(OC(=O)C(O)(c2cccs2)c2cccs2)CC1. The minimum atomic E-state index is -1.80. The molecule has 1 fully saturated rings. The van der Waals surface area contributed by atoms with Crippen molar-refractivity contribution in [2.24, 2.45) is 0 Å². The highest BCUT2D eigenvalue weighted by Gasteiger charge is 2.45. The van der Waals surface area contributed by atoms with Crippen LogP contribution in [0.3, 0.4) is 0 Å². The van der Waals surface area contributed by atoms with Crippen molar-refractivity contribution in [1.29, 1.82) is 0 Å². The van der Waals surface area contributed by atoms with Crippen molar-refractivity contribution in [3.8, 4) is 11.5 Å². The lowest BCUT2D eigenvalue weighted by Gasteiger charge is -2.36. The number of ether oxygens (including phenoxy) is 3. The van der Waals surface area contributed by atoms with Crippen molar-refractivity contribution in [3.63, 3.8) is 0 Å². The molecule has 0 unspecified atom stereocenters. The number of halogens is 1. The number of benzene rings is 1. The van der Waals surface area contributed by atoms with Gasteiger partial charge in [-0.05, 0) is 73.3 Å². The zero-order valence-electron chi connectivity index (χ0n) is 24.0. The van der Waals surface area contributed by atoms with Gasteiger partial charge in [0.1, 0.15) is 6.10 Å². The van der Waals surface area contributed by atoms with Gasteiger partial charge in [-0.2, -0.15) is 0 Å². The first-order chi connectivity index (χ1) is 20.2. The number of thiophene rings is 2. The minimum Gasteiger partial charge on any atom is -0.493 e. The van der Waals surface area contributed by atoms with E-state index in [0.29, 0.717) is 53.0 Å². The van der Waals surface area contributed by atoms with Gasteiger partial charge in [-0.3, -0.25) is 4.79 Å². The average molecular weight is 637 g/mol. The fourth-order valence-corrected chi connectivity index (χ4v) is 7.00. The molecular formula is C30H37ClN2O7S2. The molecule has 12 heteroatoms. The highest BCUT2D eigenvalue weighted by Crippen LogP contribution is 2.38. The van der Waals surface area contributed by atoms with Crippen molar-refractivity contribution >= 4 is 46.2 Å². The summed E-state index contributed by atoms with van der Waals surface area (Å²) in [7, 11) is 5.23. The lowest BCUT2D eigenvalue weighted by atomic mass is 9.91. The molecule has 2 N–H and O–H groups in total. The fraction of sp³-hybridized carbons (Fsp3) is 0.467. The van der Waals surface area contributed by atoms with Gasteiger partial charge in [0.05, 0.1) is 28.5 Å². The molecule has 0 radical (unpaired) electrons. The summed E-state index contributed by atoms with van der Waals surface area (Å²) in [6, 6.07) is 10.6. The average Bonchev–Trinajstić information content (AvgIpc) is 3.74. The molecule has 0 saturated heterocycles. The lowest BCUT2D eigenvalue weighted by Crippen LogP contribution is -2.44. The minimum absolute atomic E-state index is 0.188. The first kappa shape index (κ1) is 32.2. The van der Waals surface area contributed by atoms with E-state index < -0.39 is 11.6 Å². The summed E-state index contributed by atoms with van der Waals surface area (Å²) in [4.78, 5) is 30.9. The van der Waals surface area contributed by atoms with Crippen LogP contribution in [0.2, 0.25) is 5.02 Å². The van der Waals surface area contributed by atoms with Gasteiger partial charge >= 0.3 is 5.97 Å². The monoisotopic (exact) mass is 636 g/mol. The molecule has 9 nitrogen and oxygen atoms in total. The number of nitrogens with zero attached hydrogens (tertiary/aromatic N) is 2. The first-order valence-corrected chi connectivity index (χ1v) is 15.9. The number of esters is 1. The molecule has 4 rings (SSSR count). The van der Waals surface area contributed by atoms with Gasteiger partial charge in [-0.15, -0.1) is 22.7 Å². The Bertz CT molecular complexity index is 1280. The number of carbonyl (C=O) groups excluding carboxylic acids is 2. The largest absolute Gasteiger partial charge is 0.493 e. The second-order valence-corrected chi connectivity index (χ2v) is 12.7. The summed E-state index contributed by atoms with van der Waals surface area (Å²) >= 11 is 8.93. The maximum atomic E-state index is 13.3. The van der Waals surface area contributed by atoms with Crippen LogP contribution in [0.15, 0.2) is 47.2 Å². The molecule has 3 aromatic rings. The van der Waals surface area contributed by atoms with Gasteiger partial charge in [0.2, 0.25) is 5.60 Å². The third kappa shape index (κ3) is 7.45. The molecule has 228 valence electrons. The van der Waals surface area contributed by atoms with Gasteiger partial charge in [0.15, 0.2) is 18.1 Å². The Morgan fingerprint density at radius 2 is 1.69 bits per heavy atom. The third-order valence-corrected chi connectivity index (χ3v) is 9.86. The number of likely N-dealkylation sites (N-methyl/N-ethyl adjacent to an activating group) is 2. The van der Waals surface area contributed by atoms with Crippen molar-refractivity contribution in [2.45, 2.75) is 50.0 Å².